The summed E-state index contributed by atoms with van der Waals surface area (Å²) in [7, 11) is 1.09. The lowest BCUT2D eigenvalue weighted by molar-refractivity contribution is -0.178. The second-order valence-corrected chi connectivity index (χ2v) is 7.18. The van der Waals surface area contributed by atoms with Gasteiger partial charge in [-0.1, -0.05) is 30.3 Å². The molecule has 0 aliphatic heterocycles. The van der Waals surface area contributed by atoms with E-state index < -0.39 is 52.4 Å². The summed E-state index contributed by atoms with van der Waals surface area (Å²) >= 11 is 0. The topological polar surface area (TPSA) is 195 Å². The van der Waals surface area contributed by atoms with Crippen LogP contribution in [0.3, 0.4) is 0 Å². The molecule has 1 aromatic heterocycles. The molecule has 6 N–H and O–H groups in total. The lowest BCUT2D eigenvalue weighted by atomic mass is 9.83. The number of ether oxygens (including phenoxy) is 1. The number of carbonyl (C=O) groups is 2. The van der Waals surface area contributed by atoms with Crippen molar-refractivity contribution in [1.29, 1.82) is 0 Å². The summed E-state index contributed by atoms with van der Waals surface area (Å²) in [5.74, 6) is -3.08. The Labute approximate surface area is 185 Å². The van der Waals surface area contributed by atoms with Crippen LogP contribution in [0.1, 0.15) is 5.56 Å². The molecule has 2 aromatic carbocycles. The van der Waals surface area contributed by atoms with E-state index in [9.17, 15) is 39.9 Å². The van der Waals surface area contributed by atoms with E-state index in [1.165, 1.54) is 0 Å². The normalized spacial score (nSPS) is 15.9. The highest BCUT2D eigenvalue weighted by Gasteiger charge is 2.48. The summed E-state index contributed by atoms with van der Waals surface area (Å²) in [5.41, 5.74) is -4.33. The first kappa shape index (κ1) is 23.9. The van der Waals surface area contributed by atoms with Crippen molar-refractivity contribution < 1.29 is 49.4 Å². The van der Waals surface area contributed by atoms with Crippen molar-refractivity contribution in [3.8, 4) is 22.8 Å². The van der Waals surface area contributed by atoms with E-state index in [1.54, 1.807) is 30.3 Å². The average molecular weight is 460 g/mol. The number of aliphatic hydroxyl groups excluding tert-OH is 3. The molecule has 0 aliphatic carbocycles. The van der Waals surface area contributed by atoms with Crippen LogP contribution in [0.25, 0.3) is 22.3 Å². The summed E-state index contributed by atoms with van der Waals surface area (Å²) in [6.07, 6.45) is -7.91. The predicted octanol–water partition coefficient (Wildman–Crippen LogP) is -0.272. The van der Waals surface area contributed by atoms with E-state index in [0.29, 0.717) is 5.56 Å². The standard InChI is InChI=1S/C22H20O11/c1-32-18-11(22(31,9-23)20(28)16(26)17(27)21(29)30)7-12(24)15-13(25)8-14(33-19(15)18)10-5-3-2-4-6-10/h2-9,16-17,20,24,26-28,31H,1H3,(H,29,30)/t16-,17+,20+,22-/m1/s1. The number of benzene rings is 2. The molecule has 1 heterocycles. The Morgan fingerprint density at radius 2 is 1.79 bits per heavy atom. The van der Waals surface area contributed by atoms with Gasteiger partial charge in [0, 0.05) is 17.2 Å². The molecule has 0 fully saturated rings. The van der Waals surface area contributed by atoms with Crippen molar-refractivity contribution in [3.05, 3.63) is 58.3 Å². The smallest absolute Gasteiger partial charge is 0.335 e. The molecule has 11 nitrogen and oxygen atoms in total. The van der Waals surface area contributed by atoms with Gasteiger partial charge in [0.15, 0.2) is 34.8 Å². The van der Waals surface area contributed by atoms with Gasteiger partial charge in [-0.3, -0.25) is 9.59 Å². The third-order valence-electron chi connectivity index (χ3n) is 5.16. The zero-order valence-electron chi connectivity index (χ0n) is 17.1. The Balaban J connectivity index is 2.31. The predicted molar refractivity (Wildman–Crippen MR) is 112 cm³/mol. The van der Waals surface area contributed by atoms with Crippen LogP contribution in [-0.2, 0) is 15.2 Å². The molecule has 4 atom stereocenters. The largest absolute Gasteiger partial charge is 0.507 e. The SMILES string of the molecule is COc1c([C@](O)(C=O)[C@@H](O)[C@H](O)[C@H](O)C(=O)O)cc(O)c2c(=O)cc(-c3ccccc3)oc12. The molecular formula is C22H20O11. The van der Waals surface area contributed by atoms with Gasteiger partial charge in [-0.2, -0.15) is 0 Å². The highest BCUT2D eigenvalue weighted by molar-refractivity contribution is 5.92. The van der Waals surface area contributed by atoms with Gasteiger partial charge in [-0.15, -0.1) is 0 Å². The third-order valence-corrected chi connectivity index (χ3v) is 5.16. The first-order chi connectivity index (χ1) is 15.6. The van der Waals surface area contributed by atoms with Gasteiger partial charge in [0.2, 0.25) is 0 Å². The molecule has 3 aromatic rings. The molecule has 0 radical (unpaired) electrons. The van der Waals surface area contributed by atoms with Crippen LogP contribution in [0.5, 0.6) is 11.5 Å². The molecular weight excluding hydrogens is 440 g/mol. The number of aromatic hydroxyl groups is 1. The summed E-state index contributed by atoms with van der Waals surface area (Å²) in [5, 5.41) is 59.8. The Hall–Kier alpha value is -3.77. The molecule has 0 amide bonds. The number of aliphatic hydroxyl groups is 4. The van der Waals surface area contributed by atoms with Crippen molar-refractivity contribution in [1.82, 2.24) is 0 Å². The van der Waals surface area contributed by atoms with Crippen LogP contribution >= 0.6 is 0 Å². The molecule has 0 unspecified atom stereocenters. The minimum Gasteiger partial charge on any atom is -0.507 e. The van der Waals surface area contributed by atoms with Gasteiger partial charge < -0.3 is 39.8 Å². The van der Waals surface area contributed by atoms with E-state index in [-0.39, 0.29) is 23.0 Å². The fourth-order valence-corrected chi connectivity index (χ4v) is 3.41. The summed E-state index contributed by atoms with van der Waals surface area (Å²) in [4.78, 5) is 35.5. The molecule has 0 aliphatic rings. The molecule has 0 bridgehead atoms. The number of hydrogen-bond donors (Lipinski definition) is 6. The molecule has 0 spiro atoms. The Morgan fingerprint density at radius 1 is 1.15 bits per heavy atom. The maximum Gasteiger partial charge on any atom is 0.335 e. The molecule has 3 rings (SSSR count). The number of fused-ring (bicyclic) bond motifs is 1. The molecule has 33 heavy (non-hydrogen) atoms. The number of phenolic OH excluding ortho intramolecular Hbond substituents is 1. The van der Waals surface area contributed by atoms with Crippen molar-refractivity contribution in [2.45, 2.75) is 23.9 Å². The van der Waals surface area contributed by atoms with E-state index in [4.69, 9.17) is 14.3 Å². The van der Waals surface area contributed by atoms with Gasteiger partial charge in [0.1, 0.15) is 29.1 Å². The molecule has 0 saturated carbocycles. The monoisotopic (exact) mass is 460 g/mol. The van der Waals surface area contributed by atoms with E-state index in [1.807, 2.05) is 0 Å². The van der Waals surface area contributed by atoms with Crippen LogP contribution in [0.2, 0.25) is 0 Å². The van der Waals surface area contributed by atoms with Crippen LogP contribution in [-0.4, -0.2) is 68.3 Å². The number of hydrogen-bond acceptors (Lipinski definition) is 10. The number of methoxy groups -OCH3 is 1. The Morgan fingerprint density at radius 3 is 2.33 bits per heavy atom. The van der Waals surface area contributed by atoms with Crippen LogP contribution in [0, 0.1) is 0 Å². The second-order valence-electron chi connectivity index (χ2n) is 7.18. The van der Waals surface area contributed by atoms with Crippen LogP contribution in [0.4, 0.5) is 0 Å². The third kappa shape index (κ3) is 4.05. The second kappa shape index (κ2) is 9.00. The minimum atomic E-state index is -3.09. The number of aliphatic carboxylic acids is 1. The highest BCUT2D eigenvalue weighted by Crippen LogP contribution is 2.42. The van der Waals surface area contributed by atoms with Gasteiger partial charge in [-0.25, -0.2) is 4.79 Å². The zero-order chi connectivity index (χ0) is 24.5. The number of carbonyl (C=O) groups excluding carboxylic acids is 1. The maximum atomic E-state index is 12.7. The molecule has 0 saturated heterocycles. The quantitative estimate of drug-likeness (QED) is 0.242. The Kier molecular flexibility index (Phi) is 6.51. The van der Waals surface area contributed by atoms with Crippen molar-refractivity contribution >= 4 is 23.2 Å². The van der Waals surface area contributed by atoms with Crippen LogP contribution < -0.4 is 10.2 Å². The maximum absolute atomic E-state index is 12.7. The zero-order valence-corrected chi connectivity index (χ0v) is 17.1. The van der Waals surface area contributed by atoms with E-state index in [0.717, 1.165) is 19.2 Å². The van der Waals surface area contributed by atoms with Gasteiger partial charge >= 0.3 is 5.97 Å². The summed E-state index contributed by atoms with van der Waals surface area (Å²) in [6, 6.07) is 10.2. The molecule has 11 heteroatoms. The van der Waals surface area contributed by atoms with Crippen molar-refractivity contribution in [3.63, 3.8) is 0 Å². The lowest BCUT2D eigenvalue weighted by Gasteiger charge is -2.33. The summed E-state index contributed by atoms with van der Waals surface area (Å²) in [6.45, 7) is 0. The first-order valence-corrected chi connectivity index (χ1v) is 9.46. The fraction of sp³-hybridized carbons (Fsp3) is 0.227. The number of carboxylic acid groups (broad SMARTS) is 1. The summed E-state index contributed by atoms with van der Waals surface area (Å²) < 4.78 is 10.9. The number of aldehydes is 1. The van der Waals surface area contributed by atoms with E-state index >= 15 is 0 Å². The minimum absolute atomic E-state index is 0.0551. The Bertz CT molecular complexity index is 1250. The number of carboxylic acids is 1. The van der Waals surface area contributed by atoms with Crippen molar-refractivity contribution in [2.75, 3.05) is 7.11 Å². The highest BCUT2D eigenvalue weighted by atomic mass is 16.5. The lowest BCUT2D eigenvalue weighted by Crippen LogP contribution is -2.54. The van der Waals surface area contributed by atoms with Crippen molar-refractivity contribution in [2.24, 2.45) is 0 Å². The van der Waals surface area contributed by atoms with Gasteiger partial charge in [0.05, 0.1) is 7.11 Å². The number of phenols is 1. The van der Waals surface area contributed by atoms with Crippen LogP contribution in [0.15, 0.2) is 51.7 Å². The van der Waals surface area contributed by atoms with Gasteiger partial charge in [0.25, 0.3) is 0 Å². The molecule has 174 valence electrons. The number of rotatable bonds is 8. The first-order valence-electron chi connectivity index (χ1n) is 9.46. The van der Waals surface area contributed by atoms with Gasteiger partial charge in [-0.05, 0) is 6.07 Å². The van der Waals surface area contributed by atoms with E-state index in [2.05, 4.69) is 0 Å². The fourth-order valence-electron chi connectivity index (χ4n) is 3.41. The average Bonchev–Trinajstić information content (AvgIpc) is 2.81.